The number of aromatic nitrogens is 2. The summed E-state index contributed by atoms with van der Waals surface area (Å²) in [5.41, 5.74) is 0.295. The van der Waals surface area contributed by atoms with Crippen molar-refractivity contribution in [3.63, 3.8) is 0 Å². The van der Waals surface area contributed by atoms with Gasteiger partial charge in [0.1, 0.15) is 11.3 Å². The lowest BCUT2D eigenvalue weighted by molar-refractivity contribution is -0.130. The maximum Gasteiger partial charge on any atom is 0.331 e. The number of nitrogens with one attached hydrogen (secondary N) is 1. The molecular formula is C16H15N5O4. The molecule has 1 fully saturated rings. The van der Waals surface area contributed by atoms with Crippen LogP contribution in [-0.4, -0.2) is 46.8 Å². The standard InChI is InChI=1S/C16H15N5O4/c1-20(2)15-17-7-10(8-18-15)6-12-13(22)19-16(24)21(14(12)23)9-11-4-3-5-25-11/h3-8H,9H2,1-2H3,(H,19,22,24). The van der Waals surface area contributed by atoms with E-state index in [2.05, 4.69) is 15.3 Å². The van der Waals surface area contributed by atoms with Gasteiger partial charge in [-0.1, -0.05) is 0 Å². The number of furan rings is 1. The summed E-state index contributed by atoms with van der Waals surface area (Å²) in [7, 11) is 3.59. The Hall–Kier alpha value is -3.49. The Bertz CT molecular complexity index is 840. The van der Waals surface area contributed by atoms with Crippen LogP contribution in [0.3, 0.4) is 0 Å². The molecule has 1 N–H and O–H groups in total. The van der Waals surface area contributed by atoms with E-state index in [1.807, 2.05) is 0 Å². The zero-order chi connectivity index (χ0) is 18.0. The third-order valence-electron chi connectivity index (χ3n) is 3.45. The SMILES string of the molecule is CN(C)c1ncc(C=C2C(=O)NC(=O)N(Cc3ccco3)C2=O)cn1. The number of carbonyl (C=O) groups excluding carboxylic acids is 3. The van der Waals surface area contributed by atoms with Crippen LogP contribution in [0.15, 0.2) is 40.8 Å². The van der Waals surface area contributed by atoms with Crippen LogP contribution in [0.1, 0.15) is 11.3 Å². The normalized spacial score (nSPS) is 16.3. The van der Waals surface area contributed by atoms with E-state index in [1.54, 1.807) is 31.1 Å². The summed E-state index contributed by atoms with van der Waals surface area (Å²) in [5, 5.41) is 2.14. The molecule has 1 saturated heterocycles. The summed E-state index contributed by atoms with van der Waals surface area (Å²) in [5.74, 6) is -0.545. The van der Waals surface area contributed by atoms with Crippen LogP contribution < -0.4 is 10.2 Å². The van der Waals surface area contributed by atoms with E-state index in [9.17, 15) is 14.4 Å². The van der Waals surface area contributed by atoms with Gasteiger partial charge in [0.15, 0.2) is 0 Å². The molecule has 0 atom stereocenters. The Balaban J connectivity index is 1.87. The highest BCUT2D eigenvalue weighted by atomic mass is 16.3. The lowest BCUT2D eigenvalue weighted by atomic mass is 10.1. The van der Waals surface area contributed by atoms with Crippen LogP contribution in [0.4, 0.5) is 10.7 Å². The quantitative estimate of drug-likeness (QED) is 0.647. The number of amides is 4. The lowest BCUT2D eigenvalue weighted by Gasteiger charge is -2.25. The summed E-state index contributed by atoms with van der Waals surface area (Å²) >= 11 is 0. The van der Waals surface area contributed by atoms with Crippen molar-refractivity contribution in [3.05, 3.63) is 47.7 Å². The van der Waals surface area contributed by atoms with E-state index in [4.69, 9.17) is 4.42 Å². The topological polar surface area (TPSA) is 109 Å². The number of barbiturate groups is 1. The predicted molar refractivity (Wildman–Crippen MR) is 87.1 cm³/mol. The summed E-state index contributed by atoms with van der Waals surface area (Å²) < 4.78 is 5.15. The lowest BCUT2D eigenvalue weighted by Crippen LogP contribution is -2.53. The Morgan fingerprint density at radius 1 is 1.24 bits per heavy atom. The molecule has 0 aromatic carbocycles. The fraction of sp³-hybridized carbons (Fsp3) is 0.188. The molecule has 0 bridgehead atoms. The Morgan fingerprint density at radius 3 is 2.56 bits per heavy atom. The minimum atomic E-state index is -0.789. The Morgan fingerprint density at radius 2 is 1.96 bits per heavy atom. The first kappa shape index (κ1) is 16.4. The van der Waals surface area contributed by atoms with Crippen LogP contribution >= 0.6 is 0 Å². The highest BCUT2D eigenvalue weighted by Crippen LogP contribution is 2.17. The molecule has 0 radical (unpaired) electrons. The van der Waals surface area contributed by atoms with Crippen LogP contribution in [0.5, 0.6) is 0 Å². The number of rotatable bonds is 4. The smallest absolute Gasteiger partial charge is 0.331 e. The minimum Gasteiger partial charge on any atom is -0.467 e. The van der Waals surface area contributed by atoms with Crippen molar-refractivity contribution >= 4 is 29.9 Å². The molecule has 1 aliphatic heterocycles. The second-order valence-electron chi connectivity index (χ2n) is 5.50. The first-order valence-electron chi connectivity index (χ1n) is 7.36. The van der Waals surface area contributed by atoms with Gasteiger partial charge in [0.05, 0.1) is 12.8 Å². The van der Waals surface area contributed by atoms with E-state index < -0.39 is 17.8 Å². The molecule has 9 nitrogen and oxygen atoms in total. The van der Waals surface area contributed by atoms with Gasteiger partial charge in [-0.25, -0.2) is 14.8 Å². The van der Waals surface area contributed by atoms with Crippen LogP contribution in [0, 0.1) is 0 Å². The highest BCUT2D eigenvalue weighted by Gasteiger charge is 2.36. The first-order valence-corrected chi connectivity index (χ1v) is 7.36. The van der Waals surface area contributed by atoms with Gasteiger partial charge in [-0.15, -0.1) is 0 Å². The van der Waals surface area contributed by atoms with Gasteiger partial charge in [-0.2, -0.15) is 0 Å². The van der Waals surface area contributed by atoms with Crippen molar-refractivity contribution in [2.75, 3.05) is 19.0 Å². The Kier molecular flexibility index (Phi) is 4.29. The van der Waals surface area contributed by atoms with Gasteiger partial charge < -0.3 is 9.32 Å². The van der Waals surface area contributed by atoms with Crippen molar-refractivity contribution < 1.29 is 18.8 Å². The molecule has 9 heteroatoms. The molecule has 4 amide bonds. The van der Waals surface area contributed by atoms with Gasteiger partial charge in [0, 0.05) is 32.1 Å². The maximum atomic E-state index is 12.5. The van der Waals surface area contributed by atoms with Gasteiger partial charge in [-0.05, 0) is 18.2 Å². The van der Waals surface area contributed by atoms with E-state index in [-0.39, 0.29) is 12.1 Å². The Labute approximate surface area is 143 Å². The van der Waals surface area contributed by atoms with Crippen LogP contribution in [0.2, 0.25) is 0 Å². The van der Waals surface area contributed by atoms with E-state index in [1.165, 1.54) is 24.7 Å². The zero-order valence-electron chi connectivity index (χ0n) is 13.6. The molecule has 128 valence electrons. The number of hydrogen-bond donors (Lipinski definition) is 1. The van der Waals surface area contributed by atoms with Crippen LogP contribution in [-0.2, 0) is 16.1 Å². The van der Waals surface area contributed by atoms with E-state index in [0.29, 0.717) is 17.3 Å². The third-order valence-corrected chi connectivity index (χ3v) is 3.45. The van der Waals surface area contributed by atoms with Gasteiger partial charge in [0.25, 0.3) is 11.8 Å². The molecule has 0 unspecified atom stereocenters. The molecule has 0 aliphatic carbocycles. The fourth-order valence-corrected chi connectivity index (χ4v) is 2.20. The largest absolute Gasteiger partial charge is 0.467 e. The van der Waals surface area contributed by atoms with Gasteiger partial charge in [-0.3, -0.25) is 19.8 Å². The number of urea groups is 1. The predicted octanol–water partition coefficient (Wildman–Crippen LogP) is 0.798. The maximum absolute atomic E-state index is 12.5. The number of hydrogen-bond acceptors (Lipinski definition) is 7. The van der Waals surface area contributed by atoms with E-state index >= 15 is 0 Å². The molecule has 3 rings (SSSR count). The van der Waals surface area contributed by atoms with Gasteiger partial charge >= 0.3 is 6.03 Å². The molecule has 3 heterocycles. The monoisotopic (exact) mass is 341 g/mol. The van der Waals surface area contributed by atoms with Crippen molar-refractivity contribution in [3.8, 4) is 0 Å². The zero-order valence-corrected chi connectivity index (χ0v) is 13.6. The second-order valence-corrected chi connectivity index (χ2v) is 5.50. The first-order chi connectivity index (χ1) is 12.0. The van der Waals surface area contributed by atoms with Crippen molar-refractivity contribution in [1.82, 2.24) is 20.2 Å². The van der Waals surface area contributed by atoms with Crippen LogP contribution in [0.25, 0.3) is 6.08 Å². The van der Waals surface area contributed by atoms with E-state index in [0.717, 1.165) is 4.90 Å². The second kappa shape index (κ2) is 6.56. The summed E-state index contributed by atoms with van der Waals surface area (Å²) in [4.78, 5) is 47.4. The number of anilines is 1. The molecule has 25 heavy (non-hydrogen) atoms. The summed E-state index contributed by atoms with van der Waals surface area (Å²) in [6.07, 6.45) is 5.76. The van der Waals surface area contributed by atoms with Gasteiger partial charge in [0.2, 0.25) is 5.95 Å². The molecule has 0 saturated carbocycles. The van der Waals surface area contributed by atoms with Crippen molar-refractivity contribution in [1.29, 1.82) is 0 Å². The van der Waals surface area contributed by atoms with Crippen molar-refractivity contribution in [2.24, 2.45) is 0 Å². The van der Waals surface area contributed by atoms with Crippen molar-refractivity contribution in [2.45, 2.75) is 6.54 Å². The molecule has 2 aromatic rings. The fourth-order valence-electron chi connectivity index (χ4n) is 2.20. The number of imide groups is 2. The summed E-state index contributed by atoms with van der Waals surface area (Å²) in [6.45, 7) is -0.0711. The average Bonchev–Trinajstić information content (AvgIpc) is 3.09. The molecule has 2 aromatic heterocycles. The third kappa shape index (κ3) is 3.39. The highest BCUT2D eigenvalue weighted by molar-refractivity contribution is 6.30. The summed E-state index contributed by atoms with van der Waals surface area (Å²) in [6, 6.07) is 2.49. The molecule has 1 aliphatic rings. The molecular weight excluding hydrogens is 326 g/mol. The number of carbonyl (C=O) groups is 3. The minimum absolute atomic E-state index is 0.0711. The number of nitrogens with zero attached hydrogens (tertiary/aromatic N) is 4. The molecule has 0 spiro atoms. The average molecular weight is 341 g/mol.